The molecule has 76 valence electrons. The van der Waals surface area contributed by atoms with Crippen molar-refractivity contribution in [1.82, 2.24) is 0 Å². The van der Waals surface area contributed by atoms with Gasteiger partial charge in [-0.2, -0.15) is 0 Å². The second kappa shape index (κ2) is 4.29. The van der Waals surface area contributed by atoms with Crippen molar-refractivity contribution in [3.8, 4) is 0 Å². The summed E-state index contributed by atoms with van der Waals surface area (Å²) in [5.41, 5.74) is -0.438. The van der Waals surface area contributed by atoms with E-state index in [0.29, 0.717) is 5.88 Å². The summed E-state index contributed by atoms with van der Waals surface area (Å²) in [6, 6.07) is 0. The molecular formula is C9H15ClO3. The third kappa shape index (κ3) is 2.85. The Morgan fingerprint density at radius 1 is 1.77 bits per heavy atom. The zero-order valence-electron chi connectivity index (χ0n) is 8.01. The van der Waals surface area contributed by atoms with Crippen molar-refractivity contribution in [1.29, 1.82) is 0 Å². The summed E-state index contributed by atoms with van der Waals surface area (Å²) in [4.78, 5) is 10.6. The molecule has 0 aromatic heterocycles. The Bertz CT molecular complexity index is 195. The van der Waals surface area contributed by atoms with Crippen LogP contribution in [0.5, 0.6) is 0 Å². The molecule has 1 aliphatic heterocycles. The SMILES string of the molecule is CC(=O)OC[C@]1(CCl)CC[C@H](C)O1. The molecule has 0 aromatic rings. The molecule has 4 heteroatoms. The fourth-order valence-corrected chi connectivity index (χ4v) is 1.76. The Morgan fingerprint density at radius 3 is 2.85 bits per heavy atom. The van der Waals surface area contributed by atoms with E-state index in [1.165, 1.54) is 6.92 Å². The molecule has 0 N–H and O–H groups in total. The van der Waals surface area contributed by atoms with Crippen LogP contribution in [0.2, 0.25) is 0 Å². The van der Waals surface area contributed by atoms with Crippen molar-refractivity contribution in [3.63, 3.8) is 0 Å². The lowest BCUT2D eigenvalue weighted by Gasteiger charge is -2.25. The molecule has 1 aliphatic rings. The monoisotopic (exact) mass is 206 g/mol. The van der Waals surface area contributed by atoms with E-state index >= 15 is 0 Å². The van der Waals surface area contributed by atoms with Crippen LogP contribution in [-0.2, 0) is 14.3 Å². The predicted octanol–water partition coefficient (Wildman–Crippen LogP) is 1.73. The summed E-state index contributed by atoms with van der Waals surface area (Å²) >= 11 is 5.80. The minimum Gasteiger partial charge on any atom is -0.463 e. The van der Waals surface area contributed by atoms with Gasteiger partial charge in [-0.1, -0.05) is 0 Å². The first kappa shape index (κ1) is 10.8. The van der Waals surface area contributed by atoms with Crippen molar-refractivity contribution in [3.05, 3.63) is 0 Å². The fraction of sp³-hybridized carbons (Fsp3) is 0.889. The van der Waals surface area contributed by atoms with Crippen molar-refractivity contribution < 1.29 is 14.3 Å². The van der Waals surface area contributed by atoms with E-state index in [-0.39, 0.29) is 18.7 Å². The van der Waals surface area contributed by atoms with Crippen LogP contribution in [0.4, 0.5) is 0 Å². The molecule has 0 spiro atoms. The van der Waals surface area contributed by atoms with Gasteiger partial charge < -0.3 is 9.47 Å². The zero-order chi connectivity index (χ0) is 9.90. The third-order valence-corrected chi connectivity index (χ3v) is 2.73. The van der Waals surface area contributed by atoms with E-state index < -0.39 is 5.60 Å². The maximum Gasteiger partial charge on any atom is 0.302 e. The standard InChI is InChI=1S/C9H15ClO3/c1-7-3-4-9(5-10,13-7)6-12-8(2)11/h7H,3-6H2,1-2H3/t7-,9+/m0/s1. The first-order valence-corrected chi connectivity index (χ1v) is 4.98. The van der Waals surface area contributed by atoms with Gasteiger partial charge in [-0.05, 0) is 19.8 Å². The predicted molar refractivity (Wildman–Crippen MR) is 49.9 cm³/mol. The lowest BCUT2D eigenvalue weighted by atomic mass is 10.0. The van der Waals surface area contributed by atoms with Gasteiger partial charge in [0.15, 0.2) is 0 Å². The van der Waals surface area contributed by atoms with Crippen LogP contribution in [-0.4, -0.2) is 30.2 Å². The topological polar surface area (TPSA) is 35.5 Å². The zero-order valence-corrected chi connectivity index (χ0v) is 8.76. The van der Waals surface area contributed by atoms with Crippen molar-refractivity contribution >= 4 is 17.6 Å². The van der Waals surface area contributed by atoms with Gasteiger partial charge >= 0.3 is 5.97 Å². The molecule has 3 nitrogen and oxygen atoms in total. The van der Waals surface area contributed by atoms with Crippen LogP contribution in [0, 0.1) is 0 Å². The average Bonchev–Trinajstić information content (AvgIpc) is 2.45. The van der Waals surface area contributed by atoms with Crippen LogP contribution < -0.4 is 0 Å². The summed E-state index contributed by atoms with van der Waals surface area (Å²) < 4.78 is 10.6. The molecule has 0 bridgehead atoms. The number of carbonyl (C=O) groups is 1. The van der Waals surface area contributed by atoms with Gasteiger partial charge in [-0.25, -0.2) is 0 Å². The highest BCUT2D eigenvalue weighted by atomic mass is 35.5. The molecule has 0 radical (unpaired) electrons. The van der Waals surface area contributed by atoms with Crippen LogP contribution in [0.25, 0.3) is 0 Å². The number of hydrogen-bond donors (Lipinski definition) is 0. The average molecular weight is 207 g/mol. The highest BCUT2D eigenvalue weighted by Gasteiger charge is 2.38. The molecule has 1 saturated heterocycles. The highest BCUT2D eigenvalue weighted by Crippen LogP contribution is 2.31. The maximum absolute atomic E-state index is 10.6. The largest absolute Gasteiger partial charge is 0.463 e. The van der Waals surface area contributed by atoms with Gasteiger partial charge in [0, 0.05) is 6.92 Å². The number of carbonyl (C=O) groups excluding carboxylic acids is 1. The molecule has 1 fully saturated rings. The Morgan fingerprint density at radius 2 is 2.46 bits per heavy atom. The van der Waals surface area contributed by atoms with Crippen LogP contribution in [0.1, 0.15) is 26.7 Å². The Hall–Kier alpha value is -0.280. The molecule has 1 heterocycles. The van der Waals surface area contributed by atoms with Gasteiger partial charge in [0.2, 0.25) is 0 Å². The first-order valence-electron chi connectivity index (χ1n) is 4.45. The van der Waals surface area contributed by atoms with Gasteiger partial charge in [0.05, 0.1) is 12.0 Å². The van der Waals surface area contributed by atoms with E-state index in [2.05, 4.69) is 0 Å². The molecule has 0 amide bonds. The summed E-state index contributed by atoms with van der Waals surface area (Å²) in [5, 5.41) is 0. The maximum atomic E-state index is 10.6. The van der Waals surface area contributed by atoms with Crippen LogP contribution in [0.15, 0.2) is 0 Å². The number of halogens is 1. The molecule has 0 unspecified atom stereocenters. The van der Waals surface area contributed by atoms with Crippen molar-refractivity contribution in [2.24, 2.45) is 0 Å². The van der Waals surface area contributed by atoms with Crippen molar-refractivity contribution in [2.75, 3.05) is 12.5 Å². The second-order valence-electron chi connectivity index (χ2n) is 3.56. The van der Waals surface area contributed by atoms with E-state index in [1.54, 1.807) is 0 Å². The van der Waals surface area contributed by atoms with Crippen molar-refractivity contribution in [2.45, 2.75) is 38.4 Å². The van der Waals surface area contributed by atoms with Crippen LogP contribution in [0.3, 0.4) is 0 Å². The van der Waals surface area contributed by atoms with Crippen LogP contribution >= 0.6 is 11.6 Å². The minimum atomic E-state index is -0.438. The molecule has 2 atom stereocenters. The van der Waals surface area contributed by atoms with Gasteiger partial charge in [0.1, 0.15) is 12.2 Å². The van der Waals surface area contributed by atoms with E-state index in [1.807, 2.05) is 6.92 Å². The lowest BCUT2D eigenvalue weighted by molar-refractivity contribution is -0.150. The van der Waals surface area contributed by atoms with E-state index in [4.69, 9.17) is 21.1 Å². The fourth-order valence-electron chi connectivity index (χ4n) is 1.49. The quantitative estimate of drug-likeness (QED) is 0.521. The van der Waals surface area contributed by atoms with Gasteiger partial charge in [-0.3, -0.25) is 4.79 Å². The first-order chi connectivity index (χ1) is 6.08. The number of alkyl halides is 1. The highest BCUT2D eigenvalue weighted by molar-refractivity contribution is 6.18. The number of ether oxygens (including phenoxy) is 2. The smallest absolute Gasteiger partial charge is 0.302 e. The number of rotatable bonds is 3. The summed E-state index contributed by atoms with van der Waals surface area (Å²) in [5.74, 6) is 0.0950. The molecule has 0 aromatic carbocycles. The molecule has 13 heavy (non-hydrogen) atoms. The number of hydrogen-bond acceptors (Lipinski definition) is 3. The lowest BCUT2D eigenvalue weighted by Crippen LogP contribution is -2.37. The third-order valence-electron chi connectivity index (χ3n) is 2.24. The second-order valence-corrected chi connectivity index (χ2v) is 3.83. The molecular weight excluding hydrogens is 192 g/mol. The molecule has 1 rings (SSSR count). The summed E-state index contributed by atoms with van der Waals surface area (Å²) in [6.45, 7) is 3.67. The van der Waals surface area contributed by atoms with Gasteiger partial charge in [-0.15, -0.1) is 11.6 Å². The summed E-state index contributed by atoms with van der Waals surface area (Å²) in [6.07, 6.45) is 2.06. The molecule has 0 aliphatic carbocycles. The Kier molecular flexibility index (Phi) is 3.56. The molecule has 0 saturated carbocycles. The number of esters is 1. The van der Waals surface area contributed by atoms with Gasteiger partial charge in [0.25, 0.3) is 0 Å². The minimum absolute atomic E-state index is 0.217. The van der Waals surface area contributed by atoms with E-state index in [9.17, 15) is 4.79 Å². The Balaban J connectivity index is 2.46. The van der Waals surface area contributed by atoms with E-state index in [0.717, 1.165) is 12.8 Å². The normalized spacial score (nSPS) is 33.3. The Labute approximate surface area is 83.3 Å². The summed E-state index contributed by atoms with van der Waals surface area (Å²) in [7, 11) is 0.